The summed E-state index contributed by atoms with van der Waals surface area (Å²) in [5.41, 5.74) is 7.14. The first-order valence-electron chi connectivity index (χ1n) is 5.60. The molecule has 2 N–H and O–H groups in total. The minimum Gasteiger partial charge on any atom is -0.327 e. The molecule has 84 valence electrons. The van der Waals surface area contributed by atoms with Crippen molar-refractivity contribution in [2.75, 3.05) is 13.1 Å². The summed E-state index contributed by atoms with van der Waals surface area (Å²) in [6.45, 7) is 5.34. The van der Waals surface area contributed by atoms with Crippen LogP contribution in [0.25, 0.3) is 0 Å². The van der Waals surface area contributed by atoms with E-state index in [0.29, 0.717) is 12.0 Å². The van der Waals surface area contributed by atoms with Gasteiger partial charge in [-0.3, -0.25) is 9.58 Å². The summed E-state index contributed by atoms with van der Waals surface area (Å²) in [4.78, 5) is 2.40. The Morgan fingerprint density at radius 2 is 2.33 bits per heavy atom. The lowest BCUT2D eigenvalue weighted by atomic mass is 9.96. The van der Waals surface area contributed by atoms with Crippen molar-refractivity contribution in [1.29, 1.82) is 0 Å². The van der Waals surface area contributed by atoms with Crippen molar-refractivity contribution in [1.82, 2.24) is 14.7 Å². The molecule has 4 heteroatoms. The molecule has 0 aromatic carbocycles. The monoisotopic (exact) mass is 208 g/mol. The smallest absolute Gasteiger partial charge is 0.0764 e. The first-order valence-corrected chi connectivity index (χ1v) is 5.60. The average Bonchev–Trinajstić information content (AvgIpc) is 2.49. The van der Waals surface area contributed by atoms with Crippen molar-refractivity contribution in [2.45, 2.75) is 25.9 Å². The number of nitrogens with zero attached hydrogens (tertiary/aromatic N) is 3. The third-order valence-electron chi connectivity index (χ3n) is 2.92. The Balaban J connectivity index is 1.94. The SMILES string of the molecule is CC1CC(N)CN(Cc2ccn(C)n2)C1. The van der Waals surface area contributed by atoms with E-state index in [9.17, 15) is 0 Å². The maximum Gasteiger partial charge on any atom is 0.0764 e. The van der Waals surface area contributed by atoms with Gasteiger partial charge in [0.2, 0.25) is 0 Å². The number of rotatable bonds is 2. The Kier molecular flexibility index (Phi) is 3.07. The Morgan fingerprint density at radius 1 is 1.53 bits per heavy atom. The normalized spacial score (nSPS) is 28.2. The fourth-order valence-corrected chi connectivity index (χ4v) is 2.42. The van der Waals surface area contributed by atoms with Gasteiger partial charge in [0.05, 0.1) is 5.69 Å². The second-order valence-corrected chi connectivity index (χ2v) is 4.78. The van der Waals surface area contributed by atoms with Gasteiger partial charge in [0.15, 0.2) is 0 Å². The molecule has 1 aromatic rings. The third-order valence-corrected chi connectivity index (χ3v) is 2.92. The summed E-state index contributed by atoms with van der Waals surface area (Å²) in [5, 5.41) is 4.39. The number of hydrogen-bond donors (Lipinski definition) is 1. The van der Waals surface area contributed by atoms with E-state index in [-0.39, 0.29) is 0 Å². The van der Waals surface area contributed by atoms with E-state index in [0.717, 1.165) is 31.7 Å². The van der Waals surface area contributed by atoms with Gasteiger partial charge in [-0.2, -0.15) is 5.10 Å². The van der Waals surface area contributed by atoms with E-state index in [1.807, 2.05) is 17.9 Å². The molecule has 4 nitrogen and oxygen atoms in total. The van der Waals surface area contributed by atoms with Gasteiger partial charge in [-0.05, 0) is 18.4 Å². The molecule has 2 atom stereocenters. The summed E-state index contributed by atoms with van der Waals surface area (Å²) in [7, 11) is 1.95. The van der Waals surface area contributed by atoms with Crippen molar-refractivity contribution in [2.24, 2.45) is 18.7 Å². The molecular weight excluding hydrogens is 188 g/mol. The highest BCUT2D eigenvalue weighted by molar-refractivity contribution is 4.99. The van der Waals surface area contributed by atoms with Crippen LogP contribution >= 0.6 is 0 Å². The lowest BCUT2D eigenvalue weighted by Gasteiger charge is -2.34. The van der Waals surface area contributed by atoms with Gasteiger partial charge in [0.25, 0.3) is 0 Å². The van der Waals surface area contributed by atoms with Crippen molar-refractivity contribution in [3.8, 4) is 0 Å². The minimum absolute atomic E-state index is 0.331. The number of likely N-dealkylation sites (tertiary alicyclic amines) is 1. The molecule has 1 fully saturated rings. The van der Waals surface area contributed by atoms with Crippen molar-refractivity contribution < 1.29 is 0 Å². The highest BCUT2D eigenvalue weighted by Gasteiger charge is 2.22. The first kappa shape index (κ1) is 10.6. The summed E-state index contributed by atoms with van der Waals surface area (Å²) in [6.07, 6.45) is 3.14. The van der Waals surface area contributed by atoms with Crippen molar-refractivity contribution in [3.63, 3.8) is 0 Å². The maximum atomic E-state index is 6.01. The zero-order valence-corrected chi connectivity index (χ0v) is 9.56. The van der Waals surface area contributed by atoms with Gasteiger partial charge in [0, 0.05) is 38.9 Å². The molecule has 1 aromatic heterocycles. The van der Waals surface area contributed by atoms with Gasteiger partial charge in [-0.1, -0.05) is 6.92 Å². The number of aromatic nitrogens is 2. The highest BCUT2D eigenvalue weighted by atomic mass is 15.3. The summed E-state index contributed by atoms with van der Waals surface area (Å²) in [6, 6.07) is 2.41. The molecule has 1 saturated heterocycles. The fourth-order valence-electron chi connectivity index (χ4n) is 2.42. The average molecular weight is 208 g/mol. The van der Waals surface area contributed by atoms with Gasteiger partial charge in [-0.15, -0.1) is 0 Å². The van der Waals surface area contributed by atoms with Crippen molar-refractivity contribution >= 4 is 0 Å². The topological polar surface area (TPSA) is 47.1 Å². The Hall–Kier alpha value is -0.870. The molecule has 0 aliphatic carbocycles. The van der Waals surface area contributed by atoms with E-state index in [1.165, 1.54) is 0 Å². The van der Waals surface area contributed by atoms with Gasteiger partial charge >= 0.3 is 0 Å². The van der Waals surface area contributed by atoms with Gasteiger partial charge < -0.3 is 5.73 Å². The third kappa shape index (κ3) is 2.79. The molecule has 1 aliphatic rings. The Morgan fingerprint density at radius 3 is 2.93 bits per heavy atom. The van der Waals surface area contributed by atoms with E-state index in [4.69, 9.17) is 5.73 Å². The molecule has 2 heterocycles. The molecule has 0 amide bonds. The fraction of sp³-hybridized carbons (Fsp3) is 0.727. The van der Waals surface area contributed by atoms with E-state index >= 15 is 0 Å². The number of nitrogens with two attached hydrogens (primary N) is 1. The highest BCUT2D eigenvalue weighted by Crippen LogP contribution is 2.16. The van der Waals surface area contributed by atoms with Crippen LogP contribution in [0.5, 0.6) is 0 Å². The maximum absolute atomic E-state index is 6.01. The zero-order chi connectivity index (χ0) is 10.8. The molecule has 1 aliphatic heterocycles. The molecule has 15 heavy (non-hydrogen) atoms. The van der Waals surface area contributed by atoms with Crippen LogP contribution in [0.4, 0.5) is 0 Å². The van der Waals surface area contributed by atoms with Crippen LogP contribution in [0.1, 0.15) is 19.0 Å². The number of hydrogen-bond acceptors (Lipinski definition) is 3. The van der Waals surface area contributed by atoms with Crippen LogP contribution in [0.15, 0.2) is 12.3 Å². The van der Waals surface area contributed by atoms with Crippen LogP contribution in [-0.4, -0.2) is 33.8 Å². The van der Waals surface area contributed by atoms with E-state index < -0.39 is 0 Å². The molecule has 2 unspecified atom stereocenters. The van der Waals surface area contributed by atoms with Gasteiger partial charge in [-0.25, -0.2) is 0 Å². The molecule has 0 spiro atoms. The second-order valence-electron chi connectivity index (χ2n) is 4.78. The predicted molar refractivity (Wildman–Crippen MR) is 60.2 cm³/mol. The van der Waals surface area contributed by atoms with Crippen LogP contribution < -0.4 is 5.73 Å². The molecule has 2 rings (SSSR count). The quantitative estimate of drug-likeness (QED) is 0.774. The van der Waals surface area contributed by atoms with Crippen LogP contribution in [0.3, 0.4) is 0 Å². The lowest BCUT2D eigenvalue weighted by Crippen LogP contribution is -2.45. The predicted octanol–water partition coefficient (Wildman–Crippen LogP) is 0.589. The van der Waals surface area contributed by atoms with Gasteiger partial charge in [0.1, 0.15) is 0 Å². The van der Waals surface area contributed by atoms with Crippen LogP contribution in [-0.2, 0) is 13.6 Å². The molecule has 0 bridgehead atoms. The standard InChI is InChI=1S/C11H20N4/c1-9-5-10(12)7-15(6-9)8-11-3-4-14(2)13-11/h3-4,9-10H,5-8,12H2,1-2H3. The molecule has 0 radical (unpaired) electrons. The van der Waals surface area contributed by atoms with E-state index in [1.54, 1.807) is 0 Å². The first-order chi connectivity index (χ1) is 7.13. The lowest BCUT2D eigenvalue weighted by molar-refractivity contribution is 0.156. The summed E-state index contributed by atoms with van der Waals surface area (Å²) < 4.78 is 1.85. The van der Waals surface area contributed by atoms with Crippen LogP contribution in [0, 0.1) is 5.92 Å². The largest absolute Gasteiger partial charge is 0.327 e. The van der Waals surface area contributed by atoms with E-state index in [2.05, 4.69) is 23.0 Å². The number of aryl methyl sites for hydroxylation is 1. The Labute approximate surface area is 91.1 Å². The zero-order valence-electron chi connectivity index (χ0n) is 9.56. The number of piperidine rings is 1. The summed E-state index contributed by atoms with van der Waals surface area (Å²) in [5.74, 6) is 0.706. The molecule has 0 saturated carbocycles. The van der Waals surface area contributed by atoms with Crippen LogP contribution in [0.2, 0.25) is 0 Å². The molecular formula is C11H20N4. The Bertz CT molecular complexity index is 310. The summed E-state index contributed by atoms with van der Waals surface area (Å²) >= 11 is 0. The van der Waals surface area contributed by atoms with Crippen molar-refractivity contribution in [3.05, 3.63) is 18.0 Å². The second kappa shape index (κ2) is 4.33. The minimum atomic E-state index is 0.331.